The van der Waals surface area contributed by atoms with E-state index in [1.807, 2.05) is 18.2 Å². The van der Waals surface area contributed by atoms with Crippen molar-refractivity contribution in [1.82, 2.24) is 4.90 Å². The molecule has 0 spiro atoms. The van der Waals surface area contributed by atoms with E-state index in [1.165, 1.54) is 0 Å². The molecule has 5 heteroatoms. The van der Waals surface area contributed by atoms with Crippen LogP contribution in [-0.2, 0) is 11.3 Å². The van der Waals surface area contributed by atoms with Crippen molar-refractivity contribution in [3.8, 4) is 0 Å². The Kier molecular flexibility index (Phi) is 6.12. The van der Waals surface area contributed by atoms with E-state index in [2.05, 4.69) is 34.7 Å². The van der Waals surface area contributed by atoms with E-state index in [-0.39, 0.29) is 6.42 Å². The van der Waals surface area contributed by atoms with Crippen LogP contribution < -0.4 is 0 Å². The van der Waals surface area contributed by atoms with E-state index in [9.17, 15) is 4.79 Å². The molecule has 0 aliphatic rings. The van der Waals surface area contributed by atoms with Gasteiger partial charge in [-0.15, -0.1) is 0 Å². The van der Waals surface area contributed by atoms with E-state index in [0.717, 1.165) is 16.6 Å². The molecular formula is C13H17BrClNO2. The normalized spacial score (nSPS) is 11.2. The topological polar surface area (TPSA) is 40.5 Å². The number of hydrogen-bond acceptors (Lipinski definition) is 2. The number of carboxylic acid groups (broad SMARTS) is 1. The van der Waals surface area contributed by atoms with Crippen molar-refractivity contribution >= 4 is 33.5 Å². The summed E-state index contributed by atoms with van der Waals surface area (Å²) in [5.74, 6) is -0.766. The zero-order valence-electron chi connectivity index (χ0n) is 10.5. The first-order valence-corrected chi connectivity index (χ1v) is 6.97. The third kappa shape index (κ3) is 4.96. The van der Waals surface area contributed by atoms with Gasteiger partial charge >= 0.3 is 5.97 Å². The highest BCUT2D eigenvalue weighted by molar-refractivity contribution is 9.10. The molecule has 0 fully saturated rings. The monoisotopic (exact) mass is 333 g/mol. The van der Waals surface area contributed by atoms with Crippen LogP contribution in [0.15, 0.2) is 22.7 Å². The number of halogens is 2. The minimum Gasteiger partial charge on any atom is -0.481 e. The van der Waals surface area contributed by atoms with Crippen LogP contribution in [0.5, 0.6) is 0 Å². The number of rotatable bonds is 6. The lowest BCUT2D eigenvalue weighted by Crippen LogP contribution is -2.32. The number of nitrogens with zero attached hydrogens (tertiary/aromatic N) is 1. The van der Waals surface area contributed by atoms with Crippen molar-refractivity contribution in [2.75, 3.05) is 6.54 Å². The lowest BCUT2D eigenvalue weighted by atomic mass is 10.2. The first kappa shape index (κ1) is 15.5. The van der Waals surface area contributed by atoms with Gasteiger partial charge in [-0.2, -0.15) is 0 Å². The van der Waals surface area contributed by atoms with Gasteiger partial charge in [-0.05, 0) is 47.5 Å². The van der Waals surface area contributed by atoms with Crippen molar-refractivity contribution in [1.29, 1.82) is 0 Å². The Hall–Kier alpha value is -0.580. The molecule has 0 aliphatic heterocycles. The molecule has 1 rings (SSSR count). The molecule has 0 atom stereocenters. The fourth-order valence-corrected chi connectivity index (χ4v) is 2.18. The van der Waals surface area contributed by atoms with Crippen LogP contribution in [0, 0.1) is 0 Å². The maximum Gasteiger partial charge on any atom is 0.304 e. The van der Waals surface area contributed by atoms with Crippen molar-refractivity contribution in [3.63, 3.8) is 0 Å². The van der Waals surface area contributed by atoms with Gasteiger partial charge in [0.05, 0.1) is 11.4 Å². The van der Waals surface area contributed by atoms with E-state index in [0.29, 0.717) is 17.6 Å². The van der Waals surface area contributed by atoms with Gasteiger partial charge in [0, 0.05) is 23.6 Å². The fraction of sp³-hybridized carbons (Fsp3) is 0.462. The van der Waals surface area contributed by atoms with E-state index >= 15 is 0 Å². The Morgan fingerprint density at radius 2 is 2.17 bits per heavy atom. The highest BCUT2D eigenvalue weighted by Crippen LogP contribution is 2.24. The van der Waals surface area contributed by atoms with Gasteiger partial charge in [0.1, 0.15) is 0 Å². The van der Waals surface area contributed by atoms with Gasteiger partial charge in [0.15, 0.2) is 0 Å². The highest BCUT2D eigenvalue weighted by atomic mass is 79.9. The number of aliphatic carboxylic acids is 1. The Balaban J connectivity index is 2.70. The van der Waals surface area contributed by atoms with Crippen LogP contribution in [0.25, 0.3) is 0 Å². The minimum atomic E-state index is -0.766. The molecule has 1 aromatic carbocycles. The molecule has 0 radical (unpaired) electrons. The standard InChI is InChI=1S/C13H17BrClNO2/c1-9(2)16(6-5-13(17)18)8-10-3-4-12(15)11(14)7-10/h3-4,7,9H,5-6,8H2,1-2H3,(H,17,18). The van der Waals surface area contributed by atoms with Gasteiger partial charge in [-0.3, -0.25) is 9.69 Å². The Bertz CT molecular complexity index is 423. The summed E-state index contributed by atoms with van der Waals surface area (Å²) in [6, 6.07) is 6.08. The second kappa shape index (κ2) is 7.12. The molecule has 0 aliphatic carbocycles. The highest BCUT2D eigenvalue weighted by Gasteiger charge is 2.12. The SMILES string of the molecule is CC(C)N(CCC(=O)O)Cc1ccc(Cl)c(Br)c1. The van der Waals surface area contributed by atoms with Crippen LogP contribution in [0.4, 0.5) is 0 Å². The summed E-state index contributed by atoms with van der Waals surface area (Å²) in [5, 5.41) is 9.42. The number of benzene rings is 1. The van der Waals surface area contributed by atoms with E-state index < -0.39 is 5.97 Å². The predicted molar refractivity (Wildman–Crippen MR) is 77.0 cm³/mol. The summed E-state index contributed by atoms with van der Waals surface area (Å²) in [5.41, 5.74) is 1.12. The van der Waals surface area contributed by atoms with Crippen LogP contribution in [-0.4, -0.2) is 28.6 Å². The minimum absolute atomic E-state index is 0.160. The summed E-state index contributed by atoms with van der Waals surface area (Å²) >= 11 is 9.33. The van der Waals surface area contributed by atoms with Crippen LogP contribution in [0.1, 0.15) is 25.8 Å². The molecule has 100 valence electrons. The largest absolute Gasteiger partial charge is 0.481 e. The number of carboxylic acids is 1. The zero-order valence-corrected chi connectivity index (χ0v) is 12.8. The molecule has 0 unspecified atom stereocenters. The molecule has 0 bridgehead atoms. The van der Waals surface area contributed by atoms with Gasteiger partial charge in [-0.1, -0.05) is 17.7 Å². The van der Waals surface area contributed by atoms with Crippen molar-refractivity contribution < 1.29 is 9.90 Å². The molecule has 0 aromatic heterocycles. The predicted octanol–water partition coefficient (Wildman–Crippen LogP) is 3.79. The number of hydrogen-bond donors (Lipinski definition) is 1. The first-order chi connectivity index (χ1) is 8.40. The molecule has 3 nitrogen and oxygen atoms in total. The summed E-state index contributed by atoms with van der Waals surface area (Å²) < 4.78 is 0.864. The molecular weight excluding hydrogens is 318 g/mol. The summed E-state index contributed by atoms with van der Waals surface area (Å²) in [4.78, 5) is 12.8. The lowest BCUT2D eigenvalue weighted by Gasteiger charge is -2.26. The molecule has 0 saturated carbocycles. The Labute approximate surface area is 121 Å². The third-order valence-electron chi connectivity index (χ3n) is 2.71. The summed E-state index contributed by atoms with van der Waals surface area (Å²) in [6.07, 6.45) is 0.160. The van der Waals surface area contributed by atoms with Crippen LogP contribution in [0.2, 0.25) is 5.02 Å². The van der Waals surface area contributed by atoms with Crippen LogP contribution >= 0.6 is 27.5 Å². The lowest BCUT2D eigenvalue weighted by molar-refractivity contribution is -0.137. The van der Waals surface area contributed by atoms with Gasteiger partial charge in [0.2, 0.25) is 0 Å². The first-order valence-electron chi connectivity index (χ1n) is 5.80. The van der Waals surface area contributed by atoms with E-state index in [4.69, 9.17) is 16.7 Å². The summed E-state index contributed by atoms with van der Waals surface area (Å²) in [7, 11) is 0. The zero-order chi connectivity index (χ0) is 13.7. The second-order valence-electron chi connectivity index (χ2n) is 4.46. The second-order valence-corrected chi connectivity index (χ2v) is 5.72. The third-order valence-corrected chi connectivity index (χ3v) is 3.93. The van der Waals surface area contributed by atoms with Gasteiger partial charge in [-0.25, -0.2) is 0 Å². The molecule has 1 N–H and O–H groups in total. The van der Waals surface area contributed by atoms with Gasteiger partial charge in [0.25, 0.3) is 0 Å². The van der Waals surface area contributed by atoms with Crippen molar-refractivity contribution in [2.24, 2.45) is 0 Å². The molecule has 0 amide bonds. The fourth-order valence-electron chi connectivity index (χ4n) is 1.63. The molecule has 1 aromatic rings. The number of carbonyl (C=O) groups is 1. The smallest absolute Gasteiger partial charge is 0.304 e. The Morgan fingerprint density at radius 3 is 2.67 bits per heavy atom. The van der Waals surface area contributed by atoms with Crippen molar-refractivity contribution in [3.05, 3.63) is 33.3 Å². The molecule has 0 heterocycles. The average Bonchev–Trinajstić information content (AvgIpc) is 2.28. The molecule has 18 heavy (non-hydrogen) atoms. The quantitative estimate of drug-likeness (QED) is 0.860. The van der Waals surface area contributed by atoms with E-state index in [1.54, 1.807) is 0 Å². The maximum absolute atomic E-state index is 10.6. The van der Waals surface area contributed by atoms with Gasteiger partial charge < -0.3 is 5.11 Å². The average molecular weight is 335 g/mol. The van der Waals surface area contributed by atoms with Crippen LogP contribution in [0.3, 0.4) is 0 Å². The maximum atomic E-state index is 10.6. The van der Waals surface area contributed by atoms with Crippen molar-refractivity contribution in [2.45, 2.75) is 32.9 Å². The Morgan fingerprint density at radius 1 is 1.50 bits per heavy atom. The summed E-state index contributed by atoms with van der Waals surface area (Å²) in [6.45, 7) is 5.40. The molecule has 0 saturated heterocycles.